The molecular weight excluding hydrogens is 652 g/mol. The fourth-order valence-corrected chi connectivity index (χ4v) is 6.76. The fourth-order valence-electron chi connectivity index (χ4n) is 6.76. The summed E-state index contributed by atoms with van der Waals surface area (Å²) in [4.78, 5) is 25.6. The van der Waals surface area contributed by atoms with Gasteiger partial charge in [-0.15, -0.1) is 0 Å². The lowest BCUT2D eigenvalue weighted by Gasteiger charge is -2.35. The van der Waals surface area contributed by atoms with Crippen molar-refractivity contribution < 1.29 is 37.5 Å². The highest BCUT2D eigenvalue weighted by molar-refractivity contribution is 5.71. The zero-order valence-corrected chi connectivity index (χ0v) is 36.6. The van der Waals surface area contributed by atoms with Gasteiger partial charge in [0.25, 0.3) is 0 Å². The molecular formula is C44H90N2O6+2. The smallest absolute Gasteiger partial charge is 0.362 e. The van der Waals surface area contributed by atoms with E-state index in [9.17, 15) is 9.59 Å². The topological polar surface area (TPSA) is 71.1 Å². The summed E-state index contributed by atoms with van der Waals surface area (Å²) >= 11 is 0. The van der Waals surface area contributed by atoms with Crippen LogP contribution in [0.5, 0.6) is 0 Å². The largest absolute Gasteiger partial charge is 0.456 e. The first kappa shape index (κ1) is 50.8. The van der Waals surface area contributed by atoms with Crippen LogP contribution < -0.4 is 0 Å². The van der Waals surface area contributed by atoms with E-state index in [4.69, 9.17) is 18.9 Å². The van der Waals surface area contributed by atoms with E-state index < -0.39 is 11.2 Å². The zero-order chi connectivity index (χ0) is 39.2. The summed E-state index contributed by atoms with van der Waals surface area (Å²) < 4.78 is 24.7. The molecule has 0 fully saturated rings. The Hall–Kier alpha value is -1.22. The summed E-state index contributed by atoms with van der Waals surface area (Å²) in [6, 6.07) is 0. The third-order valence-corrected chi connectivity index (χ3v) is 9.89. The van der Waals surface area contributed by atoms with Crippen LogP contribution in [-0.2, 0) is 28.5 Å². The van der Waals surface area contributed by atoms with Gasteiger partial charge in [0.05, 0.1) is 53.6 Å². The van der Waals surface area contributed by atoms with Crippen molar-refractivity contribution in [1.82, 2.24) is 0 Å². The number of carbonyl (C=O) groups is 2. The number of carbonyl (C=O) groups excluding carboxylic acids is 2. The predicted molar refractivity (Wildman–Crippen MR) is 219 cm³/mol. The highest BCUT2D eigenvalue weighted by Crippen LogP contribution is 2.16. The summed E-state index contributed by atoms with van der Waals surface area (Å²) in [5, 5.41) is 0. The van der Waals surface area contributed by atoms with Crippen molar-refractivity contribution in [3.8, 4) is 0 Å². The SMILES string of the molecule is CCCCCCCCCCCC[N+](C)(CCOCCOCC[N+](C)(CCCCCCCCCCCC)CC(=O)OC(C)(C)C)CC(=O)OC(C)(C)C. The van der Waals surface area contributed by atoms with Gasteiger partial charge in [-0.3, -0.25) is 0 Å². The molecule has 0 heterocycles. The van der Waals surface area contributed by atoms with E-state index in [1.165, 1.54) is 116 Å². The van der Waals surface area contributed by atoms with Crippen LogP contribution in [0.25, 0.3) is 0 Å². The molecule has 0 bridgehead atoms. The number of hydrogen-bond donors (Lipinski definition) is 0. The predicted octanol–water partition coefficient (Wildman–Crippen LogP) is 10.4. The van der Waals surface area contributed by atoms with Crippen LogP contribution in [-0.4, -0.2) is 112 Å². The number of ether oxygens (including phenoxy) is 4. The van der Waals surface area contributed by atoms with Crippen molar-refractivity contribution in [3.05, 3.63) is 0 Å². The molecule has 0 rings (SSSR count). The van der Waals surface area contributed by atoms with E-state index in [1.54, 1.807) is 0 Å². The molecule has 0 radical (unpaired) electrons. The molecule has 0 aromatic carbocycles. The van der Waals surface area contributed by atoms with Gasteiger partial charge in [-0.1, -0.05) is 117 Å². The van der Waals surface area contributed by atoms with Gasteiger partial charge in [-0.05, 0) is 67.2 Å². The number of unbranched alkanes of at least 4 members (excludes halogenated alkanes) is 18. The van der Waals surface area contributed by atoms with Crippen LogP contribution in [0.4, 0.5) is 0 Å². The van der Waals surface area contributed by atoms with Crippen LogP contribution in [0.1, 0.15) is 184 Å². The van der Waals surface area contributed by atoms with Crippen molar-refractivity contribution >= 4 is 11.9 Å². The molecule has 8 heteroatoms. The van der Waals surface area contributed by atoms with Crippen molar-refractivity contribution in [2.24, 2.45) is 0 Å². The van der Waals surface area contributed by atoms with Crippen molar-refractivity contribution in [2.75, 3.05) is 79.8 Å². The molecule has 0 aromatic heterocycles. The molecule has 0 amide bonds. The minimum Gasteiger partial charge on any atom is -0.456 e. The number of esters is 2. The molecule has 0 aliphatic carbocycles. The number of quaternary nitrogens is 2. The summed E-state index contributed by atoms with van der Waals surface area (Å²) in [6.07, 6.45) is 26.0. The van der Waals surface area contributed by atoms with E-state index in [-0.39, 0.29) is 11.9 Å². The first-order chi connectivity index (χ1) is 24.5. The molecule has 2 unspecified atom stereocenters. The van der Waals surface area contributed by atoms with Gasteiger partial charge in [0, 0.05) is 0 Å². The Balaban J connectivity index is 4.68. The second-order valence-electron chi connectivity index (χ2n) is 18.2. The van der Waals surface area contributed by atoms with Gasteiger partial charge in [-0.25, -0.2) is 9.59 Å². The van der Waals surface area contributed by atoms with Gasteiger partial charge in [0.15, 0.2) is 13.1 Å². The minimum atomic E-state index is -0.484. The molecule has 0 spiro atoms. The first-order valence-electron chi connectivity index (χ1n) is 21.8. The highest BCUT2D eigenvalue weighted by atomic mass is 16.6. The lowest BCUT2D eigenvalue weighted by molar-refractivity contribution is -0.903. The fraction of sp³-hybridized carbons (Fsp3) is 0.955. The lowest BCUT2D eigenvalue weighted by atomic mass is 10.1. The number of nitrogens with zero attached hydrogens (tertiary/aromatic N) is 2. The molecule has 52 heavy (non-hydrogen) atoms. The summed E-state index contributed by atoms with van der Waals surface area (Å²) in [5.74, 6) is -0.286. The maximum absolute atomic E-state index is 12.8. The molecule has 0 N–H and O–H groups in total. The van der Waals surface area contributed by atoms with E-state index in [2.05, 4.69) is 27.9 Å². The monoisotopic (exact) mass is 743 g/mol. The quantitative estimate of drug-likeness (QED) is 0.0366. The van der Waals surface area contributed by atoms with Crippen LogP contribution in [0.3, 0.4) is 0 Å². The summed E-state index contributed by atoms with van der Waals surface area (Å²) in [6.45, 7) is 22.4. The number of likely N-dealkylation sites (N-methyl/N-ethyl adjacent to an activating group) is 2. The number of hydrogen-bond acceptors (Lipinski definition) is 6. The molecule has 2 atom stereocenters. The second-order valence-corrected chi connectivity index (χ2v) is 18.2. The second kappa shape index (κ2) is 30.1. The van der Waals surface area contributed by atoms with Crippen LogP contribution in [0, 0.1) is 0 Å². The van der Waals surface area contributed by atoms with Gasteiger partial charge in [0.2, 0.25) is 0 Å². The molecule has 8 nitrogen and oxygen atoms in total. The average Bonchev–Trinajstić information content (AvgIpc) is 3.02. The first-order valence-corrected chi connectivity index (χ1v) is 21.8. The lowest BCUT2D eigenvalue weighted by Crippen LogP contribution is -2.51. The summed E-state index contributed by atoms with van der Waals surface area (Å²) in [5.41, 5.74) is -0.969. The molecule has 310 valence electrons. The number of rotatable bonds is 35. The maximum Gasteiger partial charge on any atom is 0.362 e. The summed E-state index contributed by atoms with van der Waals surface area (Å²) in [7, 11) is 4.32. The van der Waals surface area contributed by atoms with E-state index in [1.807, 2.05) is 41.5 Å². The average molecular weight is 743 g/mol. The van der Waals surface area contributed by atoms with Gasteiger partial charge in [-0.2, -0.15) is 0 Å². The van der Waals surface area contributed by atoms with Crippen molar-refractivity contribution in [1.29, 1.82) is 0 Å². The highest BCUT2D eigenvalue weighted by Gasteiger charge is 2.30. The molecule has 0 aliphatic heterocycles. The third kappa shape index (κ3) is 33.4. The van der Waals surface area contributed by atoms with E-state index in [0.717, 1.165) is 39.0 Å². The molecule has 0 aromatic rings. The third-order valence-electron chi connectivity index (χ3n) is 9.89. The Morgan fingerprint density at radius 2 is 0.673 bits per heavy atom. The Bertz CT molecular complexity index is 800. The standard InChI is InChI=1S/C44H90N2O6/c1-11-13-15-17-19-21-23-25-27-29-31-45(9,39-41(47)51-43(3,4)5)33-35-49-37-38-50-36-34-46(10,40-42(48)52-44(6,7)8)32-30-28-26-24-22-20-18-16-14-12-2/h11-40H2,1-10H3/q+2. The van der Waals surface area contributed by atoms with Crippen LogP contribution in [0.2, 0.25) is 0 Å². The van der Waals surface area contributed by atoms with E-state index in [0.29, 0.717) is 48.5 Å². The van der Waals surface area contributed by atoms with Crippen LogP contribution >= 0.6 is 0 Å². The Kier molecular flexibility index (Phi) is 29.3. The van der Waals surface area contributed by atoms with Gasteiger partial charge >= 0.3 is 11.9 Å². The van der Waals surface area contributed by atoms with Gasteiger partial charge < -0.3 is 27.9 Å². The van der Waals surface area contributed by atoms with Crippen molar-refractivity contribution in [3.63, 3.8) is 0 Å². The zero-order valence-electron chi connectivity index (χ0n) is 36.6. The Morgan fingerprint density at radius 1 is 0.404 bits per heavy atom. The molecule has 0 saturated carbocycles. The molecule has 0 aliphatic rings. The van der Waals surface area contributed by atoms with Gasteiger partial charge in [0.1, 0.15) is 24.3 Å². The van der Waals surface area contributed by atoms with Crippen molar-refractivity contribution in [2.45, 2.75) is 195 Å². The normalized spacial score (nSPS) is 14.6. The minimum absolute atomic E-state index is 0.143. The Labute approximate surface area is 323 Å². The van der Waals surface area contributed by atoms with Crippen LogP contribution in [0.15, 0.2) is 0 Å². The Morgan fingerprint density at radius 3 is 0.942 bits per heavy atom. The maximum atomic E-state index is 12.8. The molecule has 0 saturated heterocycles. The van der Waals surface area contributed by atoms with E-state index >= 15 is 0 Å².